The van der Waals surface area contributed by atoms with Gasteiger partial charge in [0.05, 0.1) is 11.9 Å². The van der Waals surface area contributed by atoms with E-state index >= 15 is 0 Å². The van der Waals surface area contributed by atoms with E-state index in [1.54, 1.807) is 4.68 Å². The number of pyridine rings is 1. The fraction of sp³-hybridized carbons (Fsp3) is 0.400. The van der Waals surface area contributed by atoms with Crippen LogP contribution in [-0.2, 0) is 24.9 Å². The largest absolute Gasteiger partial charge is 0.486 e. The lowest BCUT2D eigenvalue weighted by Crippen LogP contribution is -2.40. The summed E-state index contributed by atoms with van der Waals surface area (Å²) in [7, 11) is 1.86. The monoisotopic (exact) mass is 513 g/mol. The summed E-state index contributed by atoms with van der Waals surface area (Å²) in [6.07, 6.45) is 1.91. The molecule has 0 aliphatic carbocycles. The predicted octanol–water partition coefficient (Wildman–Crippen LogP) is 5.07. The van der Waals surface area contributed by atoms with Gasteiger partial charge in [-0.2, -0.15) is 0 Å². The van der Waals surface area contributed by atoms with Gasteiger partial charge in [-0.1, -0.05) is 29.5 Å². The van der Waals surface area contributed by atoms with Crippen LogP contribution in [0.25, 0.3) is 11.0 Å². The molecule has 0 saturated carbocycles. The smallest absolute Gasteiger partial charge is 0.304 e. The number of aliphatic carboxylic acids is 1. The van der Waals surface area contributed by atoms with Crippen molar-refractivity contribution in [1.29, 1.82) is 0 Å². The average Bonchev–Trinajstić information content (AvgIpc) is 3.16. The SMILES string of the molecule is Cc1cc2c(cn1)CN(Cc1cc(C(CC(=O)O)c3ccc4c(nnn4C)c3C)ccc1C)CC(C)(C)O2. The van der Waals surface area contributed by atoms with Gasteiger partial charge < -0.3 is 9.84 Å². The van der Waals surface area contributed by atoms with E-state index in [-0.39, 0.29) is 17.9 Å². The summed E-state index contributed by atoms with van der Waals surface area (Å²) in [5.41, 5.74) is 8.67. The maximum Gasteiger partial charge on any atom is 0.304 e. The summed E-state index contributed by atoms with van der Waals surface area (Å²) in [5.74, 6) is -0.233. The van der Waals surface area contributed by atoms with Crippen molar-refractivity contribution >= 4 is 17.0 Å². The van der Waals surface area contributed by atoms with Gasteiger partial charge in [0.15, 0.2) is 0 Å². The molecular weight excluding hydrogens is 478 g/mol. The Bertz CT molecular complexity index is 1520. The third-order valence-corrected chi connectivity index (χ3v) is 7.47. The first-order valence-electron chi connectivity index (χ1n) is 13.0. The van der Waals surface area contributed by atoms with Crippen molar-refractivity contribution in [2.75, 3.05) is 6.54 Å². The Hall–Kier alpha value is -3.78. The van der Waals surface area contributed by atoms with Crippen molar-refractivity contribution in [3.63, 3.8) is 0 Å². The number of ether oxygens (including phenoxy) is 1. The van der Waals surface area contributed by atoms with Crippen LogP contribution in [0, 0.1) is 20.8 Å². The Morgan fingerprint density at radius 1 is 1.16 bits per heavy atom. The molecule has 1 unspecified atom stereocenters. The standard InChI is InChI=1S/C30H35N5O3/c1-18-7-8-21(25(13-28(36)37)24-9-10-26-29(20(24)3)32-33-34(26)6)12-22(18)15-35-16-23-14-31-19(2)11-27(23)38-30(4,5)17-35/h7-12,14,25H,13,15-17H2,1-6H3,(H,36,37). The van der Waals surface area contributed by atoms with Crippen molar-refractivity contribution in [1.82, 2.24) is 24.9 Å². The van der Waals surface area contributed by atoms with Gasteiger partial charge in [0, 0.05) is 56.1 Å². The summed E-state index contributed by atoms with van der Waals surface area (Å²) < 4.78 is 8.12. The topological polar surface area (TPSA) is 93.4 Å². The van der Waals surface area contributed by atoms with Gasteiger partial charge in [-0.3, -0.25) is 14.7 Å². The Morgan fingerprint density at radius 2 is 1.95 bits per heavy atom. The van der Waals surface area contributed by atoms with Crippen molar-refractivity contribution in [2.45, 2.75) is 65.6 Å². The molecule has 2 aromatic carbocycles. The first-order chi connectivity index (χ1) is 18.0. The second-order valence-corrected chi connectivity index (χ2v) is 11.1. The van der Waals surface area contributed by atoms with Crippen LogP contribution in [0.15, 0.2) is 42.6 Å². The molecule has 0 saturated heterocycles. The highest BCUT2D eigenvalue weighted by Gasteiger charge is 2.30. The molecule has 0 bridgehead atoms. The van der Waals surface area contributed by atoms with Crippen LogP contribution in [0.2, 0.25) is 0 Å². The lowest BCUT2D eigenvalue weighted by atomic mass is 9.84. The molecule has 1 atom stereocenters. The Balaban J connectivity index is 1.50. The number of aryl methyl sites for hydroxylation is 4. The van der Waals surface area contributed by atoms with Crippen LogP contribution < -0.4 is 4.74 Å². The second-order valence-electron chi connectivity index (χ2n) is 11.1. The number of hydrogen-bond donors (Lipinski definition) is 1. The zero-order chi connectivity index (χ0) is 27.2. The minimum Gasteiger partial charge on any atom is -0.486 e. The van der Waals surface area contributed by atoms with Crippen molar-refractivity contribution in [2.24, 2.45) is 7.05 Å². The van der Waals surface area contributed by atoms with Crippen molar-refractivity contribution in [3.05, 3.63) is 81.7 Å². The first kappa shape index (κ1) is 25.9. The van der Waals surface area contributed by atoms with E-state index in [0.29, 0.717) is 0 Å². The number of carboxylic acid groups (broad SMARTS) is 1. The first-order valence-corrected chi connectivity index (χ1v) is 13.0. The van der Waals surface area contributed by atoms with Crippen LogP contribution in [0.3, 0.4) is 0 Å². The molecule has 0 spiro atoms. The Kier molecular flexibility index (Phi) is 6.69. The fourth-order valence-corrected chi connectivity index (χ4v) is 5.58. The number of hydrogen-bond acceptors (Lipinski definition) is 6. The van der Waals surface area contributed by atoms with Crippen LogP contribution in [0.5, 0.6) is 5.75 Å². The zero-order valence-corrected chi connectivity index (χ0v) is 22.9. The highest BCUT2D eigenvalue weighted by atomic mass is 16.5. The minimum absolute atomic E-state index is 0.00189. The molecule has 0 radical (unpaired) electrons. The number of rotatable bonds is 6. The van der Waals surface area contributed by atoms with E-state index < -0.39 is 5.97 Å². The summed E-state index contributed by atoms with van der Waals surface area (Å²) in [4.78, 5) is 18.9. The minimum atomic E-state index is -0.832. The molecule has 8 nitrogen and oxygen atoms in total. The number of nitrogens with zero attached hydrogens (tertiary/aromatic N) is 5. The summed E-state index contributed by atoms with van der Waals surface area (Å²) in [6, 6.07) is 12.4. The number of benzene rings is 2. The third-order valence-electron chi connectivity index (χ3n) is 7.47. The third kappa shape index (κ3) is 5.13. The highest BCUT2D eigenvalue weighted by Crippen LogP contribution is 2.35. The lowest BCUT2D eigenvalue weighted by molar-refractivity contribution is -0.137. The lowest BCUT2D eigenvalue weighted by Gasteiger charge is -2.30. The quantitative estimate of drug-likeness (QED) is 0.385. The zero-order valence-electron chi connectivity index (χ0n) is 22.9. The molecule has 2 aromatic heterocycles. The molecular formula is C30H35N5O3. The molecule has 3 heterocycles. The van der Waals surface area contributed by atoms with E-state index in [9.17, 15) is 9.90 Å². The normalized spacial score (nSPS) is 16.1. The van der Waals surface area contributed by atoms with E-state index in [0.717, 1.165) is 64.4 Å². The highest BCUT2D eigenvalue weighted by molar-refractivity contribution is 5.80. The molecule has 5 rings (SSSR count). The van der Waals surface area contributed by atoms with Crippen molar-refractivity contribution in [3.8, 4) is 5.75 Å². The number of carbonyl (C=O) groups is 1. The molecule has 1 N–H and O–H groups in total. The maximum absolute atomic E-state index is 12.0. The Morgan fingerprint density at radius 3 is 2.71 bits per heavy atom. The summed E-state index contributed by atoms with van der Waals surface area (Å²) in [6.45, 7) is 12.5. The second kappa shape index (κ2) is 9.83. The molecule has 0 fully saturated rings. The van der Waals surface area contributed by atoms with Crippen molar-refractivity contribution < 1.29 is 14.6 Å². The van der Waals surface area contributed by atoms with E-state index in [4.69, 9.17) is 4.74 Å². The van der Waals surface area contributed by atoms with Crippen LogP contribution in [-0.4, -0.2) is 48.1 Å². The maximum atomic E-state index is 12.0. The van der Waals surface area contributed by atoms with E-state index in [1.165, 1.54) is 11.1 Å². The number of fused-ring (bicyclic) bond motifs is 2. The van der Waals surface area contributed by atoms with Crippen LogP contribution >= 0.6 is 0 Å². The van der Waals surface area contributed by atoms with Gasteiger partial charge in [0.25, 0.3) is 0 Å². The molecule has 1 aliphatic rings. The van der Waals surface area contributed by atoms with Gasteiger partial charge in [-0.05, 0) is 68.5 Å². The van der Waals surface area contributed by atoms with Gasteiger partial charge in [-0.15, -0.1) is 5.10 Å². The molecule has 1 aliphatic heterocycles. The average molecular weight is 514 g/mol. The van der Waals surface area contributed by atoms with Gasteiger partial charge in [0.1, 0.15) is 16.9 Å². The van der Waals surface area contributed by atoms with Crippen LogP contribution in [0.4, 0.5) is 0 Å². The number of aromatic nitrogens is 4. The predicted molar refractivity (Wildman–Crippen MR) is 146 cm³/mol. The molecule has 198 valence electrons. The molecule has 4 aromatic rings. The molecule has 38 heavy (non-hydrogen) atoms. The van der Waals surface area contributed by atoms with Gasteiger partial charge in [0.2, 0.25) is 0 Å². The fourth-order valence-electron chi connectivity index (χ4n) is 5.58. The summed E-state index contributed by atoms with van der Waals surface area (Å²) in [5, 5.41) is 18.3. The van der Waals surface area contributed by atoms with E-state index in [1.807, 2.05) is 45.3 Å². The molecule has 8 heteroatoms. The van der Waals surface area contributed by atoms with Gasteiger partial charge >= 0.3 is 5.97 Å². The van der Waals surface area contributed by atoms with E-state index in [2.05, 4.69) is 59.2 Å². The van der Waals surface area contributed by atoms with Crippen LogP contribution in [0.1, 0.15) is 65.3 Å². The number of carboxylic acids is 1. The molecule has 0 amide bonds. The van der Waals surface area contributed by atoms with Gasteiger partial charge in [-0.25, -0.2) is 4.68 Å². The summed E-state index contributed by atoms with van der Waals surface area (Å²) >= 11 is 0. The Labute approximate surface area is 223 Å².